The van der Waals surface area contributed by atoms with Gasteiger partial charge in [0.25, 0.3) is 0 Å². The third-order valence-corrected chi connectivity index (χ3v) is 3.48. The van der Waals surface area contributed by atoms with E-state index in [1.54, 1.807) is 12.1 Å². The van der Waals surface area contributed by atoms with Crippen LogP contribution >= 0.6 is 12.4 Å². The molecule has 1 aromatic rings. The highest BCUT2D eigenvalue weighted by atomic mass is 35.5. The highest BCUT2D eigenvalue weighted by Crippen LogP contribution is 2.39. The molecule has 19 heavy (non-hydrogen) atoms. The average molecular weight is 286 g/mol. The molecule has 1 aliphatic rings. The second-order valence-corrected chi connectivity index (χ2v) is 6.13. The predicted octanol–water partition coefficient (Wildman–Crippen LogP) is 4.28. The Balaban J connectivity index is 0.00000180. The minimum Gasteiger partial charge on any atom is -0.313 e. The van der Waals surface area contributed by atoms with Crippen LogP contribution in [0.3, 0.4) is 0 Å². The van der Waals surface area contributed by atoms with Crippen LogP contribution < -0.4 is 0 Å². The molecule has 0 atom stereocenters. The summed E-state index contributed by atoms with van der Waals surface area (Å²) in [6, 6.07) is 6.53. The van der Waals surface area contributed by atoms with E-state index in [1.807, 2.05) is 33.8 Å². The normalized spacial score (nSPS) is 21.5. The first kappa shape index (κ1) is 16.2. The maximum absolute atomic E-state index is 13.0. The van der Waals surface area contributed by atoms with Crippen molar-refractivity contribution in [1.82, 2.24) is 5.06 Å². The van der Waals surface area contributed by atoms with Crippen molar-refractivity contribution in [2.24, 2.45) is 0 Å². The third-order valence-electron chi connectivity index (χ3n) is 3.48. The summed E-state index contributed by atoms with van der Waals surface area (Å²) in [6.07, 6.45) is 2.78. The fraction of sp³-hybridized carbons (Fsp3) is 0.467. The molecule has 0 saturated carbocycles. The van der Waals surface area contributed by atoms with Gasteiger partial charge in [-0.05, 0) is 57.4 Å². The summed E-state index contributed by atoms with van der Waals surface area (Å²) in [5.74, 6) is -0.225. The van der Waals surface area contributed by atoms with Crippen LogP contribution in [0, 0.1) is 5.82 Å². The molecular weight excluding hydrogens is 265 g/mol. The van der Waals surface area contributed by atoms with Crippen molar-refractivity contribution in [2.75, 3.05) is 0 Å². The first-order valence-electron chi connectivity index (χ1n) is 6.19. The lowest BCUT2D eigenvalue weighted by molar-refractivity contribution is -0.211. The molecule has 0 fully saturated rings. The van der Waals surface area contributed by atoms with Crippen LogP contribution in [0.15, 0.2) is 30.3 Å². The van der Waals surface area contributed by atoms with Gasteiger partial charge in [-0.15, -0.1) is 12.4 Å². The Hall–Kier alpha value is -0.900. The second-order valence-electron chi connectivity index (χ2n) is 6.13. The molecule has 0 amide bonds. The predicted molar refractivity (Wildman–Crippen MR) is 78.0 cm³/mol. The quantitative estimate of drug-likeness (QED) is 0.832. The van der Waals surface area contributed by atoms with Crippen LogP contribution in [-0.4, -0.2) is 21.3 Å². The van der Waals surface area contributed by atoms with Gasteiger partial charge in [0.15, 0.2) is 0 Å². The minimum atomic E-state index is -0.425. The largest absolute Gasteiger partial charge is 0.313 e. The number of nitrogens with zero attached hydrogens (tertiary/aromatic N) is 1. The van der Waals surface area contributed by atoms with E-state index in [4.69, 9.17) is 0 Å². The number of hydroxylamine groups is 2. The van der Waals surface area contributed by atoms with Crippen molar-refractivity contribution >= 4 is 18.0 Å². The van der Waals surface area contributed by atoms with Gasteiger partial charge in [0.05, 0.1) is 5.54 Å². The van der Waals surface area contributed by atoms with Gasteiger partial charge in [0, 0.05) is 5.54 Å². The van der Waals surface area contributed by atoms with Gasteiger partial charge in [0.2, 0.25) is 0 Å². The zero-order chi connectivity index (χ0) is 13.6. The van der Waals surface area contributed by atoms with Gasteiger partial charge in [-0.2, -0.15) is 5.06 Å². The molecule has 1 aromatic carbocycles. The lowest BCUT2D eigenvalue weighted by Gasteiger charge is -2.47. The second kappa shape index (κ2) is 5.23. The van der Waals surface area contributed by atoms with Crippen LogP contribution in [0.4, 0.5) is 4.39 Å². The standard InChI is InChI=1S/C15H20FNO.ClH/c1-14(2)9-12(10-15(3,4)17(14)18)11-5-7-13(16)8-6-11;/h5-9,18H,10H2,1-4H3;1H. The lowest BCUT2D eigenvalue weighted by Crippen LogP contribution is -2.55. The minimum absolute atomic E-state index is 0. The summed E-state index contributed by atoms with van der Waals surface area (Å²) >= 11 is 0. The SMILES string of the molecule is CC1(C)C=C(c2ccc(F)cc2)CC(C)(C)N1O.Cl. The van der Waals surface area contributed by atoms with Crippen LogP contribution in [0.2, 0.25) is 0 Å². The van der Waals surface area contributed by atoms with Crippen molar-refractivity contribution in [3.8, 4) is 0 Å². The van der Waals surface area contributed by atoms with E-state index in [1.165, 1.54) is 17.2 Å². The molecule has 0 unspecified atom stereocenters. The molecule has 0 radical (unpaired) electrons. The molecule has 0 saturated heterocycles. The lowest BCUT2D eigenvalue weighted by atomic mass is 9.80. The molecule has 1 N–H and O–H groups in total. The maximum atomic E-state index is 13.0. The molecule has 0 spiro atoms. The summed E-state index contributed by atoms with van der Waals surface area (Å²) in [7, 11) is 0. The molecule has 0 bridgehead atoms. The Kier molecular flexibility index (Phi) is 4.45. The molecule has 4 heteroatoms. The van der Waals surface area contributed by atoms with Gasteiger partial charge >= 0.3 is 0 Å². The topological polar surface area (TPSA) is 23.5 Å². The Morgan fingerprint density at radius 3 is 2.11 bits per heavy atom. The first-order chi connectivity index (χ1) is 8.22. The highest BCUT2D eigenvalue weighted by molar-refractivity contribution is 5.85. The molecule has 106 valence electrons. The number of hydrogen-bond acceptors (Lipinski definition) is 2. The average Bonchev–Trinajstić information content (AvgIpc) is 2.26. The molecule has 1 aliphatic heterocycles. The first-order valence-corrected chi connectivity index (χ1v) is 6.19. The Labute approximate surface area is 120 Å². The summed E-state index contributed by atoms with van der Waals surface area (Å²) in [6.45, 7) is 7.95. The fourth-order valence-corrected chi connectivity index (χ4v) is 2.71. The van der Waals surface area contributed by atoms with Gasteiger partial charge in [0.1, 0.15) is 5.82 Å². The Morgan fingerprint density at radius 1 is 1.11 bits per heavy atom. The molecule has 2 rings (SSSR count). The van der Waals surface area contributed by atoms with Crippen LogP contribution in [-0.2, 0) is 0 Å². The van der Waals surface area contributed by atoms with Gasteiger partial charge in [-0.3, -0.25) is 0 Å². The molecular formula is C15H21ClFNO. The van der Waals surface area contributed by atoms with E-state index in [9.17, 15) is 9.60 Å². The van der Waals surface area contributed by atoms with Crippen molar-refractivity contribution in [3.05, 3.63) is 41.7 Å². The van der Waals surface area contributed by atoms with Crippen molar-refractivity contribution < 1.29 is 9.60 Å². The number of hydrogen-bond donors (Lipinski definition) is 1. The summed E-state index contributed by atoms with van der Waals surface area (Å²) in [5, 5.41) is 11.6. The molecule has 0 aliphatic carbocycles. The van der Waals surface area contributed by atoms with Crippen molar-refractivity contribution in [3.63, 3.8) is 0 Å². The van der Waals surface area contributed by atoms with E-state index < -0.39 is 5.54 Å². The summed E-state index contributed by atoms with van der Waals surface area (Å²) in [4.78, 5) is 0. The summed E-state index contributed by atoms with van der Waals surface area (Å²) in [5.41, 5.74) is 1.41. The zero-order valence-corrected chi connectivity index (χ0v) is 12.6. The van der Waals surface area contributed by atoms with E-state index in [-0.39, 0.29) is 23.8 Å². The zero-order valence-electron chi connectivity index (χ0n) is 11.8. The van der Waals surface area contributed by atoms with Crippen LogP contribution in [0.1, 0.15) is 39.7 Å². The van der Waals surface area contributed by atoms with Gasteiger partial charge in [-0.1, -0.05) is 18.2 Å². The Morgan fingerprint density at radius 2 is 1.63 bits per heavy atom. The molecule has 0 aromatic heterocycles. The maximum Gasteiger partial charge on any atom is 0.123 e. The smallest absolute Gasteiger partial charge is 0.123 e. The van der Waals surface area contributed by atoms with E-state index in [2.05, 4.69) is 0 Å². The molecule has 2 nitrogen and oxygen atoms in total. The Bertz CT molecular complexity index is 479. The number of rotatable bonds is 1. The summed E-state index contributed by atoms with van der Waals surface area (Å²) < 4.78 is 13.0. The van der Waals surface area contributed by atoms with Crippen molar-refractivity contribution in [2.45, 2.75) is 45.2 Å². The number of benzene rings is 1. The van der Waals surface area contributed by atoms with Crippen LogP contribution in [0.5, 0.6) is 0 Å². The molecule has 1 heterocycles. The van der Waals surface area contributed by atoms with E-state index >= 15 is 0 Å². The van der Waals surface area contributed by atoms with Crippen molar-refractivity contribution in [1.29, 1.82) is 0 Å². The highest BCUT2D eigenvalue weighted by Gasteiger charge is 2.40. The van der Waals surface area contributed by atoms with E-state index in [0.29, 0.717) is 0 Å². The van der Waals surface area contributed by atoms with E-state index in [0.717, 1.165) is 17.6 Å². The third kappa shape index (κ3) is 3.16. The number of halogens is 2. The fourth-order valence-electron chi connectivity index (χ4n) is 2.71. The van der Waals surface area contributed by atoms with Gasteiger partial charge < -0.3 is 5.21 Å². The van der Waals surface area contributed by atoms with Crippen LogP contribution in [0.25, 0.3) is 5.57 Å². The van der Waals surface area contributed by atoms with Gasteiger partial charge in [-0.25, -0.2) is 4.39 Å². The monoisotopic (exact) mass is 285 g/mol.